The molecule has 1 aromatic carbocycles. The molecule has 172 valence electrons. The first kappa shape index (κ1) is 22.6. The third kappa shape index (κ3) is 4.48. The van der Waals surface area contributed by atoms with Gasteiger partial charge in [0.1, 0.15) is 27.8 Å². The van der Waals surface area contributed by atoms with Gasteiger partial charge in [0.05, 0.1) is 23.1 Å². The van der Waals surface area contributed by atoms with Crippen molar-refractivity contribution in [2.45, 2.75) is 39.2 Å². The Balaban J connectivity index is 1.64. The van der Waals surface area contributed by atoms with Gasteiger partial charge in [-0.25, -0.2) is 27.2 Å². The Bertz CT molecular complexity index is 1140. The molecule has 1 atom stereocenters. The lowest BCUT2D eigenvalue weighted by Gasteiger charge is -2.33. The first-order valence-electron chi connectivity index (χ1n) is 10.8. The van der Waals surface area contributed by atoms with Crippen molar-refractivity contribution in [3.63, 3.8) is 0 Å². The van der Waals surface area contributed by atoms with Gasteiger partial charge < -0.3 is 10.2 Å². The molecule has 1 N–H and O–H groups in total. The second-order valence-corrected chi connectivity index (χ2v) is 11.0. The van der Waals surface area contributed by atoms with E-state index in [1.807, 2.05) is 24.9 Å². The number of nitrogens with zero attached hydrogens (tertiary/aromatic N) is 3. The fourth-order valence-electron chi connectivity index (χ4n) is 4.69. The molecule has 2 aliphatic rings. The molecule has 0 unspecified atom stereocenters. The Morgan fingerprint density at radius 2 is 1.84 bits per heavy atom. The van der Waals surface area contributed by atoms with Crippen LogP contribution in [0.25, 0.3) is 6.08 Å². The first-order valence-corrected chi connectivity index (χ1v) is 12.6. The van der Waals surface area contributed by atoms with Crippen LogP contribution in [0.1, 0.15) is 54.5 Å². The first-order chi connectivity index (χ1) is 15.2. The number of aromatic nitrogens is 2. The Hall–Kier alpha value is -2.55. The molecule has 1 aromatic heterocycles. The van der Waals surface area contributed by atoms with Gasteiger partial charge in [-0.15, -0.1) is 0 Å². The molecule has 0 amide bonds. The van der Waals surface area contributed by atoms with E-state index in [-0.39, 0.29) is 29.0 Å². The summed E-state index contributed by atoms with van der Waals surface area (Å²) in [5.41, 5.74) is 3.42. The minimum absolute atomic E-state index is 0.0371. The zero-order valence-electron chi connectivity index (χ0n) is 18.5. The van der Waals surface area contributed by atoms with Crippen LogP contribution in [0.5, 0.6) is 0 Å². The molecule has 1 fully saturated rings. The number of rotatable bonds is 5. The number of likely N-dealkylation sites (N-methyl/N-ethyl adjacent to an activating group) is 1. The fraction of sp³-hybridized carbons (Fsp3) is 0.478. The van der Waals surface area contributed by atoms with Gasteiger partial charge in [0.25, 0.3) is 6.43 Å². The minimum Gasteiger partial charge on any atom is -0.363 e. The number of anilines is 2. The van der Waals surface area contributed by atoms with Crippen LogP contribution >= 0.6 is 0 Å². The fourth-order valence-corrected chi connectivity index (χ4v) is 6.18. The van der Waals surface area contributed by atoms with Gasteiger partial charge in [-0.1, -0.05) is 18.2 Å². The van der Waals surface area contributed by atoms with Crippen molar-refractivity contribution in [2.24, 2.45) is 5.92 Å². The van der Waals surface area contributed by atoms with Crippen molar-refractivity contribution in [1.82, 2.24) is 9.97 Å². The van der Waals surface area contributed by atoms with E-state index in [1.54, 1.807) is 13.0 Å². The average Bonchev–Trinajstić information content (AvgIpc) is 2.74. The van der Waals surface area contributed by atoms with Crippen LogP contribution in [0.3, 0.4) is 0 Å². The van der Waals surface area contributed by atoms with Crippen LogP contribution < -0.4 is 10.2 Å². The molecule has 1 saturated heterocycles. The Morgan fingerprint density at radius 1 is 1.16 bits per heavy atom. The lowest BCUT2D eigenvalue weighted by Crippen LogP contribution is -2.32. The topological polar surface area (TPSA) is 75.2 Å². The van der Waals surface area contributed by atoms with E-state index in [1.165, 1.54) is 18.0 Å². The number of nitrogens with one attached hydrogen (secondary N) is 1. The van der Waals surface area contributed by atoms with Crippen LogP contribution in [0.15, 0.2) is 30.1 Å². The van der Waals surface area contributed by atoms with Crippen LogP contribution in [-0.2, 0) is 9.84 Å². The maximum Gasteiger partial charge on any atom is 0.264 e. The molecule has 2 aromatic rings. The van der Waals surface area contributed by atoms with E-state index in [2.05, 4.69) is 21.4 Å². The van der Waals surface area contributed by atoms with E-state index < -0.39 is 16.3 Å². The van der Waals surface area contributed by atoms with E-state index in [0.29, 0.717) is 30.8 Å². The highest BCUT2D eigenvalue weighted by Gasteiger charge is 2.30. The molecule has 9 heteroatoms. The average molecular weight is 463 g/mol. The molecule has 6 nitrogen and oxygen atoms in total. The number of hydrogen-bond donors (Lipinski definition) is 1. The summed E-state index contributed by atoms with van der Waals surface area (Å²) in [5.74, 6) is 2.08. The van der Waals surface area contributed by atoms with Crippen LogP contribution in [-0.4, -0.2) is 43.5 Å². The van der Waals surface area contributed by atoms with Crippen LogP contribution in [0.4, 0.5) is 20.4 Å². The van der Waals surface area contributed by atoms with E-state index >= 15 is 0 Å². The number of sulfone groups is 1. The summed E-state index contributed by atoms with van der Waals surface area (Å²) in [6.45, 7) is 4.34. The third-order valence-corrected chi connectivity index (χ3v) is 8.24. The molecule has 4 rings (SSSR count). The standard InChI is InChI=1S/C23H28F2N4O2S/c1-14-18(5-4-6-19(14)21(24)25)15(2)28-22-20-11-17(12-29(3)23(20)27-13-26-22)16-7-9-32(30,31)10-8-16/h4-6,11,13,15-16,21H,7-10,12H2,1-3H3,(H,26,27,28)/t15-/m1/s1. The van der Waals surface area contributed by atoms with Gasteiger partial charge in [0, 0.05) is 19.2 Å². The summed E-state index contributed by atoms with van der Waals surface area (Å²) in [5, 5.41) is 3.39. The second-order valence-electron chi connectivity index (χ2n) is 8.69. The van der Waals surface area contributed by atoms with Gasteiger partial charge in [-0.05, 0) is 55.4 Å². The van der Waals surface area contributed by atoms with Gasteiger partial charge in [0.2, 0.25) is 0 Å². The van der Waals surface area contributed by atoms with Gasteiger partial charge in [0.15, 0.2) is 0 Å². The number of alkyl halides is 2. The predicted octanol–water partition coefficient (Wildman–Crippen LogP) is 4.55. The number of hydrogen-bond acceptors (Lipinski definition) is 6. The molecule has 0 aliphatic carbocycles. The molecule has 0 spiro atoms. The largest absolute Gasteiger partial charge is 0.363 e. The maximum atomic E-state index is 13.3. The lowest BCUT2D eigenvalue weighted by atomic mass is 9.89. The van der Waals surface area contributed by atoms with Crippen molar-refractivity contribution in [3.8, 4) is 0 Å². The van der Waals surface area contributed by atoms with Crippen molar-refractivity contribution < 1.29 is 17.2 Å². The smallest absolute Gasteiger partial charge is 0.264 e. The molecule has 3 heterocycles. The summed E-state index contributed by atoms with van der Waals surface area (Å²) in [7, 11) is -0.968. The van der Waals surface area contributed by atoms with Gasteiger partial charge >= 0.3 is 0 Å². The molecular formula is C23H28F2N4O2S. The van der Waals surface area contributed by atoms with Gasteiger partial charge in [-0.2, -0.15) is 0 Å². The zero-order chi connectivity index (χ0) is 23.0. The highest BCUT2D eigenvalue weighted by atomic mass is 32.2. The maximum absolute atomic E-state index is 13.3. The molecule has 0 saturated carbocycles. The summed E-state index contributed by atoms with van der Waals surface area (Å²) in [6, 6.07) is 4.72. The zero-order valence-corrected chi connectivity index (χ0v) is 19.3. The molecule has 0 radical (unpaired) electrons. The van der Waals surface area contributed by atoms with Crippen LogP contribution in [0, 0.1) is 12.8 Å². The van der Waals surface area contributed by atoms with E-state index in [0.717, 1.165) is 16.9 Å². The van der Waals surface area contributed by atoms with Crippen molar-refractivity contribution in [3.05, 3.63) is 52.4 Å². The Morgan fingerprint density at radius 3 is 2.53 bits per heavy atom. The predicted molar refractivity (Wildman–Crippen MR) is 123 cm³/mol. The molecule has 32 heavy (non-hydrogen) atoms. The monoisotopic (exact) mass is 462 g/mol. The third-order valence-electron chi connectivity index (χ3n) is 6.53. The molecular weight excluding hydrogens is 434 g/mol. The summed E-state index contributed by atoms with van der Waals surface area (Å²) in [4.78, 5) is 10.9. The number of benzene rings is 1. The highest BCUT2D eigenvalue weighted by Crippen LogP contribution is 2.37. The molecule has 2 aliphatic heterocycles. The summed E-state index contributed by atoms with van der Waals surface area (Å²) in [6.07, 6.45) is 2.31. The summed E-state index contributed by atoms with van der Waals surface area (Å²) < 4.78 is 50.4. The van der Waals surface area contributed by atoms with Crippen molar-refractivity contribution in [1.29, 1.82) is 0 Å². The minimum atomic E-state index is -2.93. The number of halogens is 2. The Kier molecular flexibility index (Phi) is 6.20. The van der Waals surface area contributed by atoms with Crippen molar-refractivity contribution in [2.75, 3.05) is 35.3 Å². The van der Waals surface area contributed by atoms with Crippen molar-refractivity contribution >= 4 is 27.5 Å². The second kappa shape index (κ2) is 8.77. The van der Waals surface area contributed by atoms with Crippen LogP contribution in [0.2, 0.25) is 0 Å². The lowest BCUT2D eigenvalue weighted by molar-refractivity contribution is 0.150. The molecule has 0 bridgehead atoms. The van der Waals surface area contributed by atoms with Gasteiger partial charge in [-0.3, -0.25) is 0 Å². The number of fused-ring (bicyclic) bond motifs is 1. The Labute approximate surface area is 187 Å². The highest BCUT2D eigenvalue weighted by molar-refractivity contribution is 7.91. The van der Waals surface area contributed by atoms with E-state index in [4.69, 9.17) is 0 Å². The quantitative estimate of drug-likeness (QED) is 0.703. The normalized spacial score (nSPS) is 19.4. The summed E-state index contributed by atoms with van der Waals surface area (Å²) >= 11 is 0. The van der Waals surface area contributed by atoms with E-state index in [9.17, 15) is 17.2 Å². The SMILES string of the molecule is Cc1c(C(F)F)cccc1[C@@H](C)Nc1ncnc2c1C=C(C1CCS(=O)(=O)CC1)CN2C.